The van der Waals surface area contributed by atoms with E-state index < -0.39 is 0 Å². The van der Waals surface area contributed by atoms with E-state index in [0.29, 0.717) is 31.7 Å². The molecule has 3 heterocycles. The Kier molecular flexibility index (Phi) is 6.27. The highest BCUT2D eigenvalue weighted by atomic mass is 16.2. The molecule has 6 nitrogen and oxygen atoms in total. The maximum Gasteiger partial charge on any atom is 0.266 e. The van der Waals surface area contributed by atoms with Crippen LogP contribution in [0.5, 0.6) is 0 Å². The van der Waals surface area contributed by atoms with Gasteiger partial charge in [-0.05, 0) is 42.5 Å². The molecule has 178 valence electrons. The first-order chi connectivity index (χ1) is 17.0. The number of rotatable bonds is 5. The third kappa shape index (κ3) is 4.28. The number of para-hydroxylation sites is 1. The zero-order chi connectivity index (χ0) is 24.5. The topological polar surface area (TPSA) is 80.2 Å². The van der Waals surface area contributed by atoms with Gasteiger partial charge in [0.05, 0.1) is 6.54 Å². The van der Waals surface area contributed by atoms with Gasteiger partial charge in [-0.2, -0.15) is 5.26 Å². The first-order valence-electron chi connectivity index (χ1n) is 12.4. The zero-order valence-corrected chi connectivity index (χ0v) is 20.3. The Balaban J connectivity index is 1.53. The van der Waals surface area contributed by atoms with Crippen molar-refractivity contribution in [1.82, 2.24) is 9.88 Å². The van der Waals surface area contributed by atoms with Gasteiger partial charge < -0.3 is 9.88 Å². The summed E-state index contributed by atoms with van der Waals surface area (Å²) in [5.74, 6) is 0.197. The summed E-state index contributed by atoms with van der Waals surface area (Å²) in [5.41, 5.74) is 6.61. The number of anilines is 1. The monoisotopic (exact) mass is 466 g/mol. The molecule has 1 amide bonds. The van der Waals surface area contributed by atoms with Gasteiger partial charge in [0.25, 0.3) is 5.56 Å². The molecule has 0 saturated heterocycles. The molecule has 1 atom stereocenters. The third-order valence-electron chi connectivity index (χ3n) is 7.26. The van der Waals surface area contributed by atoms with E-state index in [2.05, 4.69) is 28.9 Å². The Morgan fingerprint density at radius 1 is 1.17 bits per heavy atom. The predicted octanol–water partition coefficient (Wildman–Crippen LogP) is 4.51. The largest absolute Gasteiger partial charge is 0.324 e. The van der Waals surface area contributed by atoms with Gasteiger partial charge in [0.15, 0.2) is 0 Å². The fourth-order valence-corrected chi connectivity index (χ4v) is 5.59. The molecule has 2 aliphatic heterocycles. The molecule has 6 heteroatoms. The van der Waals surface area contributed by atoms with Crippen molar-refractivity contribution in [3.63, 3.8) is 0 Å². The van der Waals surface area contributed by atoms with Gasteiger partial charge in [-0.1, -0.05) is 61.4 Å². The van der Waals surface area contributed by atoms with Gasteiger partial charge in [0.1, 0.15) is 11.6 Å². The number of nitrogens with one attached hydrogen (secondary N) is 1. The maximum atomic E-state index is 13.4. The van der Waals surface area contributed by atoms with Crippen LogP contribution in [0.2, 0.25) is 0 Å². The molecule has 5 rings (SSSR count). The minimum Gasteiger partial charge on any atom is -0.324 e. The second-order valence-corrected chi connectivity index (χ2v) is 9.65. The van der Waals surface area contributed by atoms with Crippen LogP contribution in [0.1, 0.15) is 53.6 Å². The molecule has 1 unspecified atom stereocenters. The molecule has 35 heavy (non-hydrogen) atoms. The molecular formula is C29H30N4O2. The van der Waals surface area contributed by atoms with Crippen LogP contribution in [-0.2, 0) is 17.8 Å². The lowest BCUT2D eigenvalue weighted by atomic mass is 9.85. The van der Waals surface area contributed by atoms with Crippen molar-refractivity contribution in [2.24, 2.45) is 0 Å². The molecule has 3 aromatic rings. The molecule has 1 N–H and O–H groups in total. The van der Waals surface area contributed by atoms with Crippen LogP contribution in [0.25, 0.3) is 11.1 Å². The number of benzene rings is 2. The summed E-state index contributed by atoms with van der Waals surface area (Å²) in [6.07, 6.45) is 2.75. The minimum absolute atomic E-state index is 0.0930. The van der Waals surface area contributed by atoms with E-state index in [1.54, 1.807) is 0 Å². The van der Waals surface area contributed by atoms with E-state index in [-0.39, 0.29) is 22.9 Å². The SMILES string of the molecule is CCCC1CN(CC(=O)N2CCc3ccccc32)Cc2c1[nH]c(=O)c(C#N)c2-c1ccc(C)cc1. The number of amides is 1. The van der Waals surface area contributed by atoms with Crippen LogP contribution < -0.4 is 10.5 Å². The summed E-state index contributed by atoms with van der Waals surface area (Å²) in [5, 5.41) is 9.89. The molecule has 0 fully saturated rings. The quantitative estimate of drug-likeness (QED) is 0.600. The van der Waals surface area contributed by atoms with Crippen LogP contribution in [0.4, 0.5) is 5.69 Å². The van der Waals surface area contributed by atoms with Crippen LogP contribution in [0, 0.1) is 18.3 Å². The summed E-state index contributed by atoms with van der Waals surface area (Å²) in [6, 6.07) is 18.2. The molecule has 1 aromatic heterocycles. The maximum absolute atomic E-state index is 13.4. The second-order valence-electron chi connectivity index (χ2n) is 9.65. The number of hydrogen-bond acceptors (Lipinski definition) is 4. The molecule has 2 aromatic carbocycles. The number of aromatic nitrogens is 1. The van der Waals surface area contributed by atoms with Crippen molar-refractivity contribution in [2.45, 2.75) is 45.6 Å². The number of fused-ring (bicyclic) bond motifs is 2. The summed E-state index contributed by atoms with van der Waals surface area (Å²) in [7, 11) is 0. The number of carbonyl (C=O) groups is 1. The lowest BCUT2D eigenvalue weighted by Crippen LogP contribution is -2.44. The first-order valence-corrected chi connectivity index (χ1v) is 12.4. The highest BCUT2D eigenvalue weighted by molar-refractivity contribution is 5.96. The highest BCUT2D eigenvalue weighted by Gasteiger charge is 2.33. The zero-order valence-electron chi connectivity index (χ0n) is 20.3. The Bertz CT molecular complexity index is 1370. The number of pyridine rings is 1. The summed E-state index contributed by atoms with van der Waals surface area (Å²) in [6.45, 7) is 6.39. The number of carbonyl (C=O) groups excluding carboxylic acids is 1. The van der Waals surface area contributed by atoms with Crippen LogP contribution in [0.3, 0.4) is 0 Å². The first kappa shape index (κ1) is 23.1. The van der Waals surface area contributed by atoms with Crippen molar-refractivity contribution in [2.75, 3.05) is 24.5 Å². The Hall–Kier alpha value is -3.69. The van der Waals surface area contributed by atoms with E-state index in [1.165, 1.54) is 5.56 Å². The number of aromatic amines is 1. The normalized spacial score (nSPS) is 17.1. The fraction of sp³-hybridized carbons (Fsp3) is 0.345. The van der Waals surface area contributed by atoms with E-state index in [0.717, 1.165) is 47.3 Å². The van der Waals surface area contributed by atoms with Gasteiger partial charge in [0.2, 0.25) is 5.91 Å². The average Bonchev–Trinajstić information content (AvgIpc) is 3.29. The molecule has 0 aliphatic carbocycles. The van der Waals surface area contributed by atoms with Crippen LogP contribution in [-0.4, -0.2) is 35.4 Å². The average molecular weight is 467 g/mol. The summed E-state index contributed by atoms with van der Waals surface area (Å²) < 4.78 is 0. The van der Waals surface area contributed by atoms with Crippen molar-refractivity contribution in [1.29, 1.82) is 5.26 Å². The van der Waals surface area contributed by atoms with Gasteiger partial charge in [-0.25, -0.2) is 0 Å². The standard InChI is InChI=1S/C29H30N4O2/c1-3-6-22-16-32(18-26(34)33-14-13-20-7-4-5-8-25(20)33)17-24-27(21-11-9-19(2)10-12-21)23(15-30)29(35)31-28(22)24/h4-5,7-12,22H,3,6,13-14,16-18H2,1-2H3,(H,31,35). The molecule has 0 spiro atoms. The Morgan fingerprint density at radius 3 is 2.69 bits per heavy atom. The summed E-state index contributed by atoms with van der Waals surface area (Å²) in [4.78, 5) is 33.5. The van der Waals surface area contributed by atoms with E-state index in [9.17, 15) is 14.9 Å². The second kappa shape index (κ2) is 9.52. The number of nitriles is 1. The fourth-order valence-electron chi connectivity index (χ4n) is 5.59. The molecule has 0 saturated carbocycles. The highest BCUT2D eigenvalue weighted by Crippen LogP contribution is 2.37. The molecule has 2 aliphatic rings. The lowest BCUT2D eigenvalue weighted by molar-refractivity contribution is -0.120. The Labute approximate surface area is 205 Å². The predicted molar refractivity (Wildman–Crippen MR) is 137 cm³/mol. The Morgan fingerprint density at radius 2 is 1.94 bits per heavy atom. The van der Waals surface area contributed by atoms with E-state index in [4.69, 9.17) is 0 Å². The third-order valence-corrected chi connectivity index (χ3v) is 7.26. The van der Waals surface area contributed by atoms with Gasteiger partial charge in [-0.15, -0.1) is 0 Å². The smallest absolute Gasteiger partial charge is 0.266 e. The van der Waals surface area contributed by atoms with Crippen LogP contribution >= 0.6 is 0 Å². The molecule has 0 radical (unpaired) electrons. The number of H-pyrrole nitrogens is 1. The van der Waals surface area contributed by atoms with Gasteiger partial charge >= 0.3 is 0 Å². The number of aryl methyl sites for hydroxylation is 1. The van der Waals surface area contributed by atoms with Crippen molar-refractivity contribution in [3.8, 4) is 17.2 Å². The number of nitrogens with zero attached hydrogens (tertiary/aromatic N) is 3. The van der Waals surface area contributed by atoms with Crippen molar-refractivity contribution in [3.05, 3.63) is 86.8 Å². The van der Waals surface area contributed by atoms with E-state index in [1.807, 2.05) is 54.3 Å². The van der Waals surface area contributed by atoms with Gasteiger partial charge in [-0.3, -0.25) is 14.5 Å². The van der Waals surface area contributed by atoms with E-state index >= 15 is 0 Å². The minimum atomic E-state index is -0.332. The molecule has 0 bridgehead atoms. The molecular weight excluding hydrogens is 436 g/mol. The lowest BCUT2D eigenvalue weighted by Gasteiger charge is -2.36. The van der Waals surface area contributed by atoms with Crippen LogP contribution in [0.15, 0.2) is 53.3 Å². The summed E-state index contributed by atoms with van der Waals surface area (Å²) >= 11 is 0. The number of hydrogen-bond donors (Lipinski definition) is 1. The van der Waals surface area contributed by atoms with Crippen molar-refractivity contribution < 1.29 is 4.79 Å². The van der Waals surface area contributed by atoms with Crippen molar-refractivity contribution >= 4 is 11.6 Å². The van der Waals surface area contributed by atoms with Gasteiger partial charge in [0, 0.05) is 42.5 Å².